The molecular weight excluding hydrogens is 494 g/mol. The molecule has 1 heterocycles. The van der Waals surface area contributed by atoms with Gasteiger partial charge in [0.2, 0.25) is 0 Å². The van der Waals surface area contributed by atoms with Crippen LogP contribution in [0.25, 0.3) is 6.08 Å². The van der Waals surface area contributed by atoms with E-state index in [0.717, 1.165) is 47.3 Å². The van der Waals surface area contributed by atoms with Gasteiger partial charge in [-0.25, -0.2) is 0 Å². The van der Waals surface area contributed by atoms with E-state index in [9.17, 15) is 15.3 Å². The molecule has 1 aliphatic carbocycles. The predicted molar refractivity (Wildman–Crippen MR) is 141 cm³/mol. The van der Waals surface area contributed by atoms with E-state index < -0.39 is 5.91 Å². The Morgan fingerprint density at radius 3 is 2.75 bits per heavy atom. The van der Waals surface area contributed by atoms with Crippen molar-refractivity contribution in [3.05, 3.63) is 79.7 Å². The first-order chi connectivity index (χ1) is 17.4. The van der Waals surface area contributed by atoms with Crippen LogP contribution in [0.5, 0.6) is 11.5 Å². The van der Waals surface area contributed by atoms with Crippen molar-refractivity contribution in [2.45, 2.75) is 39.2 Å². The van der Waals surface area contributed by atoms with Crippen LogP contribution in [0, 0.1) is 29.6 Å². The first-order valence-electron chi connectivity index (χ1n) is 11.5. The van der Waals surface area contributed by atoms with E-state index in [0.29, 0.717) is 39.3 Å². The summed E-state index contributed by atoms with van der Waals surface area (Å²) >= 11 is 7.91. The molecule has 1 amide bonds. The second kappa shape index (κ2) is 11.3. The maximum absolute atomic E-state index is 12.9. The number of benzene rings is 2. The SMILES string of the molecule is COc1cc(/C=C(\C#N)C(=O)Nc2sc3c(c2C#N)CCCC3)cc(Cl)c1OCc1cccc(C)c1. The standard InChI is InChI=1S/C28H24ClN3O3S/c1-17-6-5-7-18(10-17)16-35-26-23(29)12-19(13-24(26)34-2)11-20(14-30)27(33)32-28-22(15-31)21-8-3-4-9-25(21)36-28/h5-7,10-13H,3-4,8-9,16H2,1-2H3,(H,32,33)/b20-11+. The number of hydrogen-bond donors (Lipinski definition) is 1. The zero-order valence-corrected chi connectivity index (χ0v) is 21.6. The van der Waals surface area contributed by atoms with Crippen LogP contribution in [-0.4, -0.2) is 13.0 Å². The molecule has 0 bridgehead atoms. The van der Waals surface area contributed by atoms with Crippen molar-refractivity contribution in [2.75, 3.05) is 12.4 Å². The number of carbonyl (C=O) groups excluding carboxylic acids is 1. The van der Waals surface area contributed by atoms with Crippen molar-refractivity contribution >= 4 is 39.9 Å². The van der Waals surface area contributed by atoms with E-state index in [1.807, 2.05) is 37.3 Å². The molecule has 6 nitrogen and oxygen atoms in total. The summed E-state index contributed by atoms with van der Waals surface area (Å²) in [5.74, 6) is 0.183. The minimum atomic E-state index is -0.581. The maximum Gasteiger partial charge on any atom is 0.266 e. The summed E-state index contributed by atoms with van der Waals surface area (Å²) in [7, 11) is 1.50. The van der Waals surface area contributed by atoms with Gasteiger partial charge in [0.1, 0.15) is 29.3 Å². The van der Waals surface area contributed by atoms with Crippen molar-refractivity contribution in [3.63, 3.8) is 0 Å². The van der Waals surface area contributed by atoms with Gasteiger partial charge in [0.25, 0.3) is 5.91 Å². The zero-order chi connectivity index (χ0) is 25.7. The molecular formula is C28H24ClN3O3S. The van der Waals surface area contributed by atoms with Crippen LogP contribution >= 0.6 is 22.9 Å². The third-order valence-electron chi connectivity index (χ3n) is 5.90. The van der Waals surface area contributed by atoms with Gasteiger partial charge in [-0.2, -0.15) is 10.5 Å². The number of ether oxygens (including phenoxy) is 2. The number of hydrogen-bond acceptors (Lipinski definition) is 6. The van der Waals surface area contributed by atoms with Gasteiger partial charge in [-0.15, -0.1) is 11.3 Å². The highest BCUT2D eigenvalue weighted by molar-refractivity contribution is 7.16. The van der Waals surface area contributed by atoms with Gasteiger partial charge >= 0.3 is 0 Å². The Balaban J connectivity index is 1.56. The molecule has 0 unspecified atom stereocenters. The van der Waals surface area contributed by atoms with Gasteiger partial charge in [0.05, 0.1) is 17.7 Å². The number of amides is 1. The topological polar surface area (TPSA) is 95.1 Å². The minimum Gasteiger partial charge on any atom is -0.493 e. The van der Waals surface area contributed by atoms with Crippen molar-refractivity contribution in [1.29, 1.82) is 10.5 Å². The van der Waals surface area contributed by atoms with Crippen molar-refractivity contribution < 1.29 is 14.3 Å². The Morgan fingerprint density at radius 1 is 1.22 bits per heavy atom. The number of methoxy groups -OCH3 is 1. The summed E-state index contributed by atoms with van der Waals surface area (Å²) < 4.78 is 11.4. The molecule has 0 atom stereocenters. The number of nitriles is 2. The van der Waals surface area contributed by atoms with E-state index in [2.05, 4.69) is 11.4 Å². The number of rotatable bonds is 7. The lowest BCUT2D eigenvalue weighted by molar-refractivity contribution is -0.112. The second-order valence-corrected chi connectivity index (χ2v) is 9.97. The Labute approximate surface area is 219 Å². The Bertz CT molecular complexity index is 1430. The molecule has 0 spiro atoms. The van der Waals surface area contributed by atoms with Crippen molar-refractivity contribution in [1.82, 2.24) is 0 Å². The molecule has 0 radical (unpaired) electrons. The van der Waals surface area contributed by atoms with Crippen LogP contribution < -0.4 is 14.8 Å². The number of carbonyl (C=O) groups is 1. The summed E-state index contributed by atoms with van der Waals surface area (Å²) in [4.78, 5) is 14.1. The van der Waals surface area contributed by atoms with Crippen molar-refractivity contribution in [3.8, 4) is 23.6 Å². The summed E-state index contributed by atoms with van der Waals surface area (Å²) in [6, 6.07) is 15.4. The monoisotopic (exact) mass is 517 g/mol. The summed E-state index contributed by atoms with van der Waals surface area (Å²) in [6.45, 7) is 2.32. The molecule has 0 aliphatic heterocycles. The van der Waals surface area contributed by atoms with Gasteiger partial charge in [0, 0.05) is 4.88 Å². The predicted octanol–water partition coefficient (Wildman–Crippen LogP) is 6.59. The van der Waals surface area contributed by atoms with E-state index in [-0.39, 0.29) is 5.57 Å². The molecule has 0 saturated carbocycles. The second-order valence-electron chi connectivity index (χ2n) is 8.46. The van der Waals surface area contributed by atoms with Gasteiger partial charge in [-0.05, 0) is 67.5 Å². The smallest absolute Gasteiger partial charge is 0.266 e. The first-order valence-corrected chi connectivity index (χ1v) is 12.7. The molecule has 182 valence electrons. The molecule has 1 N–H and O–H groups in total. The fraction of sp³-hybridized carbons (Fsp3) is 0.250. The molecule has 2 aromatic carbocycles. The summed E-state index contributed by atoms with van der Waals surface area (Å²) in [5.41, 5.74) is 4.04. The number of halogens is 1. The lowest BCUT2D eigenvalue weighted by Crippen LogP contribution is -2.13. The Morgan fingerprint density at radius 2 is 2.03 bits per heavy atom. The van der Waals surface area contributed by atoms with E-state index in [1.165, 1.54) is 24.5 Å². The van der Waals surface area contributed by atoms with Crippen LogP contribution in [-0.2, 0) is 24.2 Å². The van der Waals surface area contributed by atoms with Crippen LogP contribution in [0.2, 0.25) is 5.02 Å². The lowest BCUT2D eigenvalue weighted by Gasteiger charge is -2.14. The average molecular weight is 518 g/mol. The number of anilines is 1. The first kappa shape index (κ1) is 25.3. The van der Waals surface area contributed by atoms with E-state index >= 15 is 0 Å². The molecule has 0 fully saturated rings. The Kier molecular flexibility index (Phi) is 7.95. The lowest BCUT2D eigenvalue weighted by atomic mass is 9.96. The normalized spacial score (nSPS) is 12.8. The Hall–Kier alpha value is -3.78. The quantitative estimate of drug-likeness (QED) is 0.281. The largest absolute Gasteiger partial charge is 0.493 e. The van der Waals surface area contributed by atoms with Crippen LogP contribution in [0.15, 0.2) is 42.0 Å². The van der Waals surface area contributed by atoms with Gasteiger partial charge in [-0.3, -0.25) is 4.79 Å². The third-order valence-corrected chi connectivity index (χ3v) is 7.39. The molecule has 3 aromatic rings. The molecule has 4 rings (SSSR count). The van der Waals surface area contributed by atoms with Crippen LogP contribution in [0.4, 0.5) is 5.00 Å². The van der Waals surface area contributed by atoms with Gasteiger partial charge in [0.15, 0.2) is 11.5 Å². The van der Waals surface area contributed by atoms with E-state index in [1.54, 1.807) is 12.1 Å². The summed E-state index contributed by atoms with van der Waals surface area (Å²) in [5, 5.41) is 22.9. The number of thiophene rings is 1. The number of nitrogens with one attached hydrogen (secondary N) is 1. The number of nitrogens with zero attached hydrogens (tertiary/aromatic N) is 2. The fourth-order valence-electron chi connectivity index (χ4n) is 4.18. The molecule has 0 saturated heterocycles. The van der Waals surface area contributed by atoms with Gasteiger partial charge in [-0.1, -0.05) is 41.4 Å². The van der Waals surface area contributed by atoms with Crippen LogP contribution in [0.3, 0.4) is 0 Å². The van der Waals surface area contributed by atoms with Crippen LogP contribution in [0.1, 0.15) is 45.5 Å². The third kappa shape index (κ3) is 5.54. The van der Waals surface area contributed by atoms with Crippen molar-refractivity contribution in [2.24, 2.45) is 0 Å². The fourth-order valence-corrected chi connectivity index (χ4v) is 5.69. The molecule has 8 heteroatoms. The molecule has 1 aliphatic rings. The molecule has 1 aromatic heterocycles. The maximum atomic E-state index is 12.9. The highest BCUT2D eigenvalue weighted by Crippen LogP contribution is 2.39. The van der Waals surface area contributed by atoms with E-state index in [4.69, 9.17) is 21.1 Å². The number of aryl methyl sites for hydroxylation is 2. The van der Waals surface area contributed by atoms with Gasteiger partial charge < -0.3 is 14.8 Å². The average Bonchev–Trinajstić information content (AvgIpc) is 3.23. The number of fused-ring (bicyclic) bond motifs is 1. The summed E-state index contributed by atoms with van der Waals surface area (Å²) in [6.07, 6.45) is 5.28. The highest BCUT2D eigenvalue weighted by atomic mass is 35.5. The zero-order valence-electron chi connectivity index (χ0n) is 20.0. The molecule has 36 heavy (non-hydrogen) atoms. The highest BCUT2D eigenvalue weighted by Gasteiger charge is 2.23. The minimum absolute atomic E-state index is 0.114.